The van der Waals surface area contributed by atoms with Crippen LogP contribution in [0.15, 0.2) is 63.9 Å². The first kappa shape index (κ1) is 29.6. The van der Waals surface area contributed by atoms with Gasteiger partial charge >= 0.3 is 11.9 Å². The lowest BCUT2D eigenvalue weighted by atomic mass is 10.1. The molecular weight excluding hydrogens is 572 g/mol. The molecule has 1 fully saturated rings. The molecule has 2 aromatic carbocycles. The average Bonchev–Trinajstić information content (AvgIpc) is 3.54. The van der Waals surface area contributed by atoms with Gasteiger partial charge in [0.25, 0.3) is 11.1 Å². The zero-order chi connectivity index (χ0) is 29.5. The molecular formula is C29H25ClN2O8S. The number of rotatable bonds is 10. The van der Waals surface area contributed by atoms with Crippen molar-refractivity contribution in [2.24, 2.45) is 0 Å². The molecule has 41 heavy (non-hydrogen) atoms. The number of benzene rings is 2. The van der Waals surface area contributed by atoms with Crippen molar-refractivity contribution in [2.75, 3.05) is 25.6 Å². The lowest BCUT2D eigenvalue weighted by Crippen LogP contribution is -2.36. The van der Waals surface area contributed by atoms with Crippen LogP contribution >= 0.6 is 23.4 Å². The van der Waals surface area contributed by atoms with Crippen molar-refractivity contribution in [1.82, 2.24) is 4.90 Å². The third kappa shape index (κ3) is 7.24. The van der Waals surface area contributed by atoms with Crippen molar-refractivity contribution in [3.05, 3.63) is 81.4 Å². The average molecular weight is 597 g/mol. The van der Waals surface area contributed by atoms with Gasteiger partial charge in [-0.25, -0.2) is 9.59 Å². The summed E-state index contributed by atoms with van der Waals surface area (Å²) in [6, 6.07) is 14.3. The van der Waals surface area contributed by atoms with Crippen LogP contribution in [-0.4, -0.2) is 54.2 Å². The van der Waals surface area contributed by atoms with E-state index < -0.39 is 35.5 Å². The van der Waals surface area contributed by atoms with Crippen molar-refractivity contribution in [1.29, 1.82) is 0 Å². The topological polar surface area (TPSA) is 132 Å². The summed E-state index contributed by atoms with van der Waals surface area (Å²) in [7, 11) is 1.20. The van der Waals surface area contributed by atoms with Gasteiger partial charge in [-0.3, -0.25) is 19.3 Å². The molecule has 3 amide bonds. The Morgan fingerprint density at radius 1 is 1.05 bits per heavy atom. The highest BCUT2D eigenvalue weighted by molar-refractivity contribution is 8.18. The molecule has 2 heterocycles. The Balaban J connectivity index is 1.39. The minimum Gasteiger partial charge on any atom is -0.465 e. The molecule has 3 aromatic rings. The Kier molecular flexibility index (Phi) is 9.64. The molecule has 10 nitrogen and oxygen atoms in total. The monoisotopic (exact) mass is 596 g/mol. The number of nitrogens with one attached hydrogen (secondary N) is 1. The van der Waals surface area contributed by atoms with Gasteiger partial charge in [-0.05, 0) is 60.6 Å². The van der Waals surface area contributed by atoms with E-state index >= 15 is 0 Å². The molecule has 0 atom stereocenters. The molecule has 1 saturated heterocycles. The summed E-state index contributed by atoms with van der Waals surface area (Å²) >= 11 is 6.68. The SMILES string of the molecule is CCCCOC(=O)c1ccc(-c2ccc(/C=C3/SC(=O)N(CC(=O)Nc4ccc(Cl)c(C(=O)OC)c4)C3=O)o2)cc1. The molecule has 4 rings (SSSR count). The van der Waals surface area contributed by atoms with Crippen LogP contribution in [0.25, 0.3) is 17.4 Å². The number of thioether (sulfide) groups is 1. The third-order valence-electron chi connectivity index (χ3n) is 5.87. The Labute approximate surface area is 244 Å². The van der Waals surface area contributed by atoms with Gasteiger partial charge in [0.05, 0.1) is 34.8 Å². The van der Waals surface area contributed by atoms with E-state index in [1.807, 2.05) is 6.92 Å². The van der Waals surface area contributed by atoms with Crippen LogP contribution in [-0.2, 0) is 19.1 Å². The molecule has 212 valence electrons. The Morgan fingerprint density at radius 3 is 2.51 bits per heavy atom. The number of imide groups is 1. The van der Waals surface area contributed by atoms with E-state index in [9.17, 15) is 24.0 Å². The number of unbranched alkanes of at least 4 members (excludes halogenated alkanes) is 1. The van der Waals surface area contributed by atoms with Crippen molar-refractivity contribution >= 4 is 64.1 Å². The van der Waals surface area contributed by atoms with Gasteiger partial charge in [0.2, 0.25) is 5.91 Å². The summed E-state index contributed by atoms with van der Waals surface area (Å²) in [5, 5.41) is 2.07. The Morgan fingerprint density at radius 2 is 1.80 bits per heavy atom. The maximum absolute atomic E-state index is 12.9. The second-order valence-electron chi connectivity index (χ2n) is 8.77. The summed E-state index contributed by atoms with van der Waals surface area (Å²) in [5.74, 6) is -1.55. The molecule has 1 aliphatic rings. The smallest absolute Gasteiger partial charge is 0.339 e. The highest BCUT2D eigenvalue weighted by Gasteiger charge is 2.36. The molecule has 0 radical (unpaired) electrons. The number of nitrogens with zero attached hydrogens (tertiary/aromatic N) is 1. The molecule has 0 unspecified atom stereocenters. The Bertz CT molecular complexity index is 1530. The first-order valence-electron chi connectivity index (χ1n) is 12.5. The quantitative estimate of drug-likeness (QED) is 0.169. The van der Waals surface area contributed by atoms with E-state index in [2.05, 4.69) is 10.1 Å². The van der Waals surface area contributed by atoms with Crippen molar-refractivity contribution < 1.29 is 37.9 Å². The zero-order valence-electron chi connectivity index (χ0n) is 22.1. The fourth-order valence-electron chi connectivity index (χ4n) is 3.73. The lowest BCUT2D eigenvalue weighted by Gasteiger charge is -2.13. The Hall–Kier alpha value is -4.35. The van der Waals surface area contributed by atoms with Crippen LogP contribution in [0.4, 0.5) is 10.5 Å². The van der Waals surface area contributed by atoms with Crippen LogP contribution in [0.1, 0.15) is 46.2 Å². The second-order valence-corrected chi connectivity index (χ2v) is 10.2. The van der Waals surface area contributed by atoms with E-state index in [1.54, 1.807) is 36.4 Å². The van der Waals surface area contributed by atoms with Crippen molar-refractivity contribution in [3.8, 4) is 11.3 Å². The number of carbonyl (C=O) groups excluding carboxylic acids is 5. The van der Waals surface area contributed by atoms with E-state index in [0.29, 0.717) is 41.0 Å². The number of amides is 3. The number of anilines is 1. The molecule has 0 spiro atoms. The number of ether oxygens (including phenoxy) is 2. The third-order valence-corrected chi connectivity index (χ3v) is 7.10. The number of hydrogen-bond acceptors (Lipinski definition) is 9. The van der Waals surface area contributed by atoms with Crippen LogP contribution in [0.2, 0.25) is 5.02 Å². The normalized spacial score (nSPS) is 13.9. The molecule has 1 aromatic heterocycles. The summed E-state index contributed by atoms with van der Waals surface area (Å²) in [4.78, 5) is 62.8. The number of halogens is 1. The van der Waals surface area contributed by atoms with Crippen LogP contribution < -0.4 is 5.32 Å². The number of methoxy groups -OCH3 is 1. The molecule has 1 N–H and O–H groups in total. The van der Waals surface area contributed by atoms with Gasteiger partial charge in [0.1, 0.15) is 18.1 Å². The molecule has 0 bridgehead atoms. The summed E-state index contributed by atoms with van der Waals surface area (Å²) < 4.78 is 15.7. The largest absolute Gasteiger partial charge is 0.465 e. The molecule has 12 heteroatoms. The van der Waals surface area contributed by atoms with E-state index in [-0.39, 0.29) is 21.2 Å². The number of esters is 2. The maximum Gasteiger partial charge on any atom is 0.339 e. The number of hydrogen-bond donors (Lipinski definition) is 1. The van der Waals surface area contributed by atoms with Gasteiger partial charge < -0.3 is 19.2 Å². The predicted molar refractivity (Wildman–Crippen MR) is 153 cm³/mol. The van der Waals surface area contributed by atoms with Gasteiger partial charge in [-0.2, -0.15) is 0 Å². The molecule has 0 aliphatic carbocycles. The standard InChI is InChI=1S/C29H25ClN2O8S/c1-3-4-13-39-27(35)18-7-5-17(6-8-18)23-12-10-20(40-23)15-24-26(34)32(29(37)41-24)16-25(33)31-19-9-11-22(30)21(14-19)28(36)38-2/h5-12,14-15H,3-4,13,16H2,1-2H3,(H,31,33)/b24-15+. The number of furan rings is 1. The van der Waals surface area contributed by atoms with Gasteiger partial charge in [-0.1, -0.05) is 37.1 Å². The van der Waals surface area contributed by atoms with Crippen LogP contribution in [0.3, 0.4) is 0 Å². The molecule has 0 saturated carbocycles. The fraction of sp³-hybridized carbons (Fsp3) is 0.207. The minimum absolute atomic E-state index is 0.0553. The van der Waals surface area contributed by atoms with E-state index in [0.717, 1.165) is 17.7 Å². The maximum atomic E-state index is 12.9. The summed E-state index contributed by atoms with van der Waals surface area (Å²) in [6.45, 7) is 1.85. The lowest BCUT2D eigenvalue weighted by molar-refractivity contribution is -0.127. The van der Waals surface area contributed by atoms with Crippen molar-refractivity contribution in [3.63, 3.8) is 0 Å². The second kappa shape index (κ2) is 13.3. The van der Waals surface area contributed by atoms with Crippen molar-refractivity contribution in [2.45, 2.75) is 19.8 Å². The van der Waals surface area contributed by atoms with E-state index in [4.69, 9.17) is 20.8 Å². The predicted octanol–water partition coefficient (Wildman–Crippen LogP) is 6.02. The first-order chi connectivity index (χ1) is 19.7. The van der Waals surface area contributed by atoms with Gasteiger partial charge in [0.15, 0.2) is 0 Å². The zero-order valence-corrected chi connectivity index (χ0v) is 23.7. The minimum atomic E-state index is -0.678. The fourth-order valence-corrected chi connectivity index (χ4v) is 4.74. The highest BCUT2D eigenvalue weighted by Crippen LogP contribution is 2.33. The van der Waals surface area contributed by atoms with Crippen LogP contribution in [0.5, 0.6) is 0 Å². The van der Waals surface area contributed by atoms with Gasteiger partial charge in [-0.15, -0.1) is 0 Å². The summed E-state index contributed by atoms with van der Waals surface area (Å²) in [6.07, 6.45) is 3.15. The van der Waals surface area contributed by atoms with E-state index in [1.165, 1.54) is 31.4 Å². The van der Waals surface area contributed by atoms with Crippen LogP contribution in [0, 0.1) is 0 Å². The van der Waals surface area contributed by atoms with Gasteiger partial charge in [0, 0.05) is 17.3 Å². The highest BCUT2D eigenvalue weighted by atomic mass is 35.5. The number of carbonyl (C=O) groups is 5. The summed E-state index contributed by atoms with van der Waals surface area (Å²) in [5.41, 5.74) is 1.43. The first-order valence-corrected chi connectivity index (χ1v) is 13.7. The molecule has 1 aliphatic heterocycles.